The van der Waals surface area contributed by atoms with Crippen molar-refractivity contribution in [2.75, 3.05) is 13.7 Å². The van der Waals surface area contributed by atoms with E-state index in [9.17, 15) is 9.59 Å². The molecule has 154 valence electrons. The summed E-state index contributed by atoms with van der Waals surface area (Å²) in [6.07, 6.45) is 2.89. The van der Waals surface area contributed by atoms with Crippen molar-refractivity contribution in [1.29, 1.82) is 0 Å². The normalized spacial score (nSPS) is 11.9. The predicted molar refractivity (Wildman–Crippen MR) is 112 cm³/mol. The molecular weight excluding hydrogens is 370 g/mol. The van der Waals surface area contributed by atoms with Crippen molar-refractivity contribution < 1.29 is 23.8 Å². The highest BCUT2D eigenvalue weighted by atomic mass is 16.5. The van der Waals surface area contributed by atoms with Crippen LogP contribution < -0.4 is 14.8 Å². The number of hydrogen-bond donors (Lipinski definition) is 1. The lowest BCUT2D eigenvalue weighted by Gasteiger charge is -2.14. The first kappa shape index (κ1) is 22.0. The summed E-state index contributed by atoms with van der Waals surface area (Å²) in [6, 6.07) is 14.7. The van der Waals surface area contributed by atoms with Crippen LogP contribution in [-0.4, -0.2) is 31.7 Å². The quantitative estimate of drug-likeness (QED) is 0.513. The van der Waals surface area contributed by atoms with E-state index in [1.807, 2.05) is 51.1 Å². The lowest BCUT2D eigenvalue weighted by atomic mass is 10.1. The largest absolute Gasteiger partial charge is 0.493 e. The lowest BCUT2D eigenvalue weighted by molar-refractivity contribution is -0.144. The van der Waals surface area contributed by atoms with Gasteiger partial charge in [-0.05, 0) is 50.1 Å². The fourth-order valence-electron chi connectivity index (χ4n) is 2.60. The third kappa shape index (κ3) is 7.33. The number of benzene rings is 2. The Bertz CT molecular complexity index is 846. The topological polar surface area (TPSA) is 73.9 Å². The first-order valence-electron chi connectivity index (χ1n) is 9.43. The van der Waals surface area contributed by atoms with Crippen LogP contribution in [0.25, 0.3) is 6.08 Å². The Hall–Kier alpha value is -3.28. The molecule has 1 amide bonds. The second-order valence-electron chi connectivity index (χ2n) is 6.72. The smallest absolute Gasteiger partial charge is 0.331 e. The monoisotopic (exact) mass is 397 g/mol. The number of methoxy groups -OCH3 is 1. The Labute approximate surface area is 171 Å². The van der Waals surface area contributed by atoms with E-state index in [1.165, 1.54) is 6.08 Å². The highest BCUT2D eigenvalue weighted by molar-refractivity contribution is 5.89. The number of ether oxygens (including phenoxy) is 3. The summed E-state index contributed by atoms with van der Waals surface area (Å²) in [5.74, 6) is 0.240. The van der Waals surface area contributed by atoms with E-state index in [1.54, 1.807) is 31.4 Å². The van der Waals surface area contributed by atoms with Crippen molar-refractivity contribution in [1.82, 2.24) is 5.32 Å². The van der Waals surface area contributed by atoms with Gasteiger partial charge in [0.1, 0.15) is 0 Å². The van der Waals surface area contributed by atoms with Crippen LogP contribution in [0.4, 0.5) is 0 Å². The van der Waals surface area contributed by atoms with Gasteiger partial charge in [-0.25, -0.2) is 4.79 Å². The van der Waals surface area contributed by atoms with Gasteiger partial charge < -0.3 is 19.5 Å². The zero-order chi connectivity index (χ0) is 21.2. The number of hydrogen-bond acceptors (Lipinski definition) is 5. The number of carbonyl (C=O) groups excluding carboxylic acids is 2. The molecule has 0 radical (unpaired) electrons. The van der Waals surface area contributed by atoms with Crippen LogP contribution in [0.15, 0.2) is 54.6 Å². The molecule has 2 aromatic carbocycles. The average Bonchev–Trinajstić information content (AvgIpc) is 2.71. The number of esters is 1. The highest BCUT2D eigenvalue weighted by Crippen LogP contribution is 2.29. The molecule has 0 heterocycles. The van der Waals surface area contributed by atoms with Crippen molar-refractivity contribution in [3.63, 3.8) is 0 Å². The molecule has 0 aliphatic carbocycles. The molecule has 6 nitrogen and oxygen atoms in total. The summed E-state index contributed by atoms with van der Waals surface area (Å²) in [5.41, 5.74) is 1.72. The van der Waals surface area contributed by atoms with Crippen molar-refractivity contribution in [2.45, 2.75) is 32.9 Å². The van der Waals surface area contributed by atoms with E-state index in [4.69, 9.17) is 14.2 Å². The van der Waals surface area contributed by atoms with Gasteiger partial charge in [0.2, 0.25) is 0 Å². The standard InChI is InChI=1S/C23H27NO5/c1-16(2)29-20-12-10-18(14-21(20)27-4)11-13-23(26)28-15-22(25)24-17(3)19-8-6-5-7-9-19/h5-14,16-17H,15H2,1-4H3,(H,24,25)/b13-11+/t17-/m1/s1. The van der Waals surface area contributed by atoms with Gasteiger partial charge in [0.05, 0.1) is 19.3 Å². The maximum absolute atomic E-state index is 12.0. The van der Waals surface area contributed by atoms with Crippen molar-refractivity contribution in [3.8, 4) is 11.5 Å². The third-order valence-corrected chi connectivity index (χ3v) is 3.98. The molecule has 0 aliphatic rings. The highest BCUT2D eigenvalue weighted by Gasteiger charge is 2.11. The molecule has 0 aliphatic heterocycles. The number of rotatable bonds is 9. The average molecular weight is 397 g/mol. The van der Waals surface area contributed by atoms with Crippen molar-refractivity contribution >= 4 is 18.0 Å². The van der Waals surface area contributed by atoms with Gasteiger partial charge in [0.15, 0.2) is 18.1 Å². The predicted octanol–water partition coefficient (Wildman–Crippen LogP) is 3.92. The van der Waals surface area contributed by atoms with E-state index in [0.29, 0.717) is 11.5 Å². The van der Waals surface area contributed by atoms with E-state index < -0.39 is 5.97 Å². The molecule has 6 heteroatoms. The Kier molecular flexibility index (Phi) is 8.27. The number of nitrogens with one attached hydrogen (secondary N) is 1. The molecule has 0 fully saturated rings. The van der Waals surface area contributed by atoms with Crippen LogP contribution in [0.3, 0.4) is 0 Å². The minimum Gasteiger partial charge on any atom is -0.493 e. The van der Waals surface area contributed by atoms with Crippen LogP contribution in [0.1, 0.15) is 37.9 Å². The molecule has 0 saturated heterocycles. The first-order chi connectivity index (χ1) is 13.9. The Morgan fingerprint density at radius 2 is 1.76 bits per heavy atom. The summed E-state index contributed by atoms with van der Waals surface area (Å²) in [5, 5.41) is 2.79. The Morgan fingerprint density at radius 1 is 1.03 bits per heavy atom. The van der Waals surface area contributed by atoms with Crippen molar-refractivity contribution in [2.24, 2.45) is 0 Å². The zero-order valence-electron chi connectivity index (χ0n) is 17.2. The molecule has 1 atom stereocenters. The SMILES string of the molecule is COc1cc(/C=C/C(=O)OCC(=O)N[C@H](C)c2ccccc2)ccc1OC(C)C. The van der Waals surface area contributed by atoms with Crippen LogP contribution >= 0.6 is 0 Å². The van der Waals surface area contributed by atoms with Crippen LogP contribution in [0.2, 0.25) is 0 Å². The number of amides is 1. The van der Waals surface area contributed by atoms with Crippen LogP contribution in [0.5, 0.6) is 11.5 Å². The summed E-state index contributed by atoms with van der Waals surface area (Å²) < 4.78 is 16.0. The fraction of sp³-hybridized carbons (Fsp3) is 0.304. The van der Waals surface area contributed by atoms with Gasteiger partial charge in [0.25, 0.3) is 5.91 Å². The lowest BCUT2D eigenvalue weighted by Crippen LogP contribution is -2.30. The minimum absolute atomic E-state index is 0.0241. The molecular formula is C23H27NO5. The summed E-state index contributed by atoms with van der Waals surface area (Å²) in [7, 11) is 1.55. The second-order valence-corrected chi connectivity index (χ2v) is 6.72. The van der Waals surface area contributed by atoms with Crippen molar-refractivity contribution in [3.05, 3.63) is 65.7 Å². The molecule has 2 rings (SSSR count). The first-order valence-corrected chi connectivity index (χ1v) is 9.43. The van der Waals surface area contributed by atoms with E-state index in [0.717, 1.165) is 11.1 Å². The third-order valence-electron chi connectivity index (χ3n) is 3.98. The van der Waals surface area contributed by atoms with E-state index >= 15 is 0 Å². The zero-order valence-corrected chi connectivity index (χ0v) is 17.2. The van der Waals surface area contributed by atoms with Crippen LogP contribution in [0, 0.1) is 0 Å². The molecule has 1 N–H and O–H groups in total. The Balaban J connectivity index is 1.85. The van der Waals surface area contributed by atoms with Gasteiger partial charge in [0, 0.05) is 6.08 Å². The summed E-state index contributed by atoms with van der Waals surface area (Å²) in [4.78, 5) is 23.9. The molecule has 0 unspecified atom stereocenters. The van der Waals surface area contributed by atoms with E-state index in [2.05, 4.69) is 5.32 Å². The molecule has 0 saturated carbocycles. The number of carbonyl (C=O) groups is 2. The second kappa shape index (κ2) is 10.9. The maximum Gasteiger partial charge on any atom is 0.331 e. The molecule has 2 aromatic rings. The molecule has 0 aromatic heterocycles. The van der Waals surface area contributed by atoms with Gasteiger partial charge >= 0.3 is 5.97 Å². The summed E-state index contributed by atoms with van der Waals surface area (Å²) >= 11 is 0. The maximum atomic E-state index is 12.0. The van der Waals surface area contributed by atoms with Gasteiger partial charge in [-0.2, -0.15) is 0 Å². The van der Waals surface area contributed by atoms with Crippen LogP contribution in [-0.2, 0) is 14.3 Å². The van der Waals surface area contributed by atoms with Gasteiger partial charge in [-0.15, -0.1) is 0 Å². The molecule has 0 bridgehead atoms. The van der Waals surface area contributed by atoms with Gasteiger partial charge in [-0.3, -0.25) is 4.79 Å². The molecule has 29 heavy (non-hydrogen) atoms. The fourth-order valence-corrected chi connectivity index (χ4v) is 2.60. The van der Waals surface area contributed by atoms with E-state index in [-0.39, 0.29) is 24.7 Å². The minimum atomic E-state index is -0.603. The molecule has 0 spiro atoms. The summed E-state index contributed by atoms with van der Waals surface area (Å²) in [6.45, 7) is 5.39. The Morgan fingerprint density at radius 3 is 2.41 bits per heavy atom. The van der Waals surface area contributed by atoms with Gasteiger partial charge in [-0.1, -0.05) is 36.4 Å².